The monoisotopic (exact) mass is 320 g/mol. The largest absolute Gasteiger partial charge is 0.497 e. The molecule has 118 valence electrons. The molecule has 0 fully saturated rings. The maximum absolute atomic E-state index is 12.7. The summed E-state index contributed by atoms with van der Waals surface area (Å²) in [5.41, 5.74) is 1.07. The zero-order valence-electron chi connectivity index (χ0n) is 12.8. The van der Waals surface area contributed by atoms with Crippen LogP contribution in [0.2, 0.25) is 0 Å². The summed E-state index contributed by atoms with van der Waals surface area (Å²) >= 11 is 0. The summed E-state index contributed by atoms with van der Waals surface area (Å²) < 4.78 is 31.9. The van der Waals surface area contributed by atoms with Gasteiger partial charge in [-0.3, -0.25) is 4.98 Å². The Morgan fingerprint density at radius 1 is 1.09 bits per heavy atom. The summed E-state index contributed by atoms with van der Waals surface area (Å²) in [6.07, 6.45) is 4.08. The number of rotatable bonds is 7. The van der Waals surface area contributed by atoms with Gasteiger partial charge >= 0.3 is 0 Å². The number of aromatic nitrogens is 1. The third-order valence-corrected chi connectivity index (χ3v) is 5.44. The molecular weight excluding hydrogens is 300 g/mol. The van der Waals surface area contributed by atoms with Gasteiger partial charge < -0.3 is 4.74 Å². The lowest BCUT2D eigenvalue weighted by molar-refractivity contribution is 0.413. The van der Waals surface area contributed by atoms with E-state index in [0.29, 0.717) is 25.3 Å². The standard InChI is InChI=1S/C16H20N2O3S/c1-3-18(13-10-14-8-11-17-12-9-14)22(19,20)16-6-4-15(21-2)5-7-16/h4-9,11-12H,3,10,13H2,1-2H3. The Morgan fingerprint density at radius 2 is 1.73 bits per heavy atom. The first-order valence-corrected chi connectivity index (χ1v) is 8.55. The molecule has 22 heavy (non-hydrogen) atoms. The normalized spacial score (nSPS) is 11.6. The van der Waals surface area contributed by atoms with Crippen molar-refractivity contribution in [2.45, 2.75) is 18.2 Å². The van der Waals surface area contributed by atoms with Gasteiger partial charge in [-0.1, -0.05) is 6.92 Å². The molecule has 1 aromatic heterocycles. The van der Waals surface area contributed by atoms with Crippen LogP contribution in [-0.2, 0) is 16.4 Å². The summed E-state index contributed by atoms with van der Waals surface area (Å²) in [7, 11) is -1.93. The maximum Gasteiger partial charge on any atom is 0.243 e. The van der Waals surface area contributed by atoms with E-state index in [1.54, 1.807) is 43.8 Å². The van der Waals surface area contributed by atoms with Crippen LogP contribution in [0.25, 0.3) is 0 Å². The molecule has 0 spiro atoms. The van der Waals surface area contributed by atoms with Crippen LogP contribution in [0.5, 0.6) is 5.75 Å². The minimum atomic E-state index is -3.48. The molecule has 2 aromatic rings. The molecule has 5 nitrogen and oxygen atoms in total. The summed E-state index contributed by atoms with van der Waals surface area (Å²) in [5.74, 6) is 0.638. The van der Waals surface area contributed by atoms with Crippen molar-refractivity contribution in [2.24, 2.45) is 0 Å². The highest BCUT2D eigenvalue weighted by Gasteiger charge is 2.22. The number of methoxy groups -OCH3 is 1. The third-order valence-electron chi connectivity index (χ3n) is 3.45. The quantitative estimate of drug-likeness (QED) is 0.786. The second-order valence-corrected chi connectivity index (χ2v) is 6.72. The van der Waals surface area contributed by atoms with Crippen LogP contribution in [0.15, 0.2) is 53.7 Å². The number of likely N-dealkylation sites (N-methyl/N-ethyl adjacent to an activating group) is 1. The van der Waals surface area contributed by atoms with E-state index in [1.165, 1.54) is 4.31 Å². The van der Waals surface area contributed by atoms with Gasteiger partial charge in [-0.25, -0.2) is 8.42 Å². The summed E-state index contributed by atoms with van der Waals surface area (Å²) in [6, 6.07) is 10.3. The van der Waals surface area contributed by atoms with Crippen molar-refractivity contribution in [3.63, 3.8) is 0 Å². The highest BCUT2D eigenvalue weighted by molar-refractivity contribution is 7.89. The second kappa shape index (κ2) is 7.38. The lowest BCUT2D eigenvalue weighted by Crippen LogP contribution is -2.32. The van der Waals surface area contributed by atoms with Crippen LogP contribution in [0, 0.1) is 0 Å². The van der Waals surface area contributed by atoms with Crippen LogP contribution < -0.4 is 4.74 Å². The first kappa shape index (κ1) is 16.5. The summed E-state index contributed by atoms with van der Waals surface area (Å²) in [4.78, 5) is 4.24. The van der Waals surface area contributed by atoms with E-state index in [1.807, 2.05) is 19.1 Å². The van der Waals surface area contributed by atoms with Crippen LogP contribution in [0.3, 0.4) is 0 Å². The lowest BCUT2D eigenvalue weighted by Gasteiger charge is -2.20. The van der Waals surface area contributed by atoms with Crippen molar-refractivity contribution < 1.29 is 13.2 Å². The Kier molecular flexibility index (Phi) is 5.51. The number of pyridine rings is 1. The van der Waals surface area contributed by atoms with E-state index in [9.17, 15) is 8.42 Å². The van der Waals surface area contributed by atoms with Crippen molar-refractivity contribution in [1.29, 1.82) is 0 Å². The average molecular weight is 320 g/mol. The van der Waals surface area contributed by atoms with Gasteiger partial charge in [0.1, 0.15) is 5.75 Å². The van der Waals surface area contributed by atoms with E-state index in [4.69, 9.17) is 4.74 Å². The van der Waals surface area contributed by atoms with Gasteiger partial charge in [-0.05, 0) is 48.4 Å². The third kappa shape index (κ3) is 3.84. The zero-order valence-corrected chi connectivity index (χ0v) is 13.6. The van der Waals surface area contributed by atoms with Gasteiger partial charge in [0.25, 0.3) is 0 Å². The molecule has 0 radical (unpaired) electrons. The molecule has 0 atom stereocenters. The number of nitrogens with zero attached hydrogens (tertiary/aromatic N) is 2. The Balaban J connectivity index is 2.13. The molecule has 0 amide bonds. The molecule has 0 aliphatic heterocycles. The van der Waals surface area contributed by atoms with Crippen LogP contribution >= 0.6 is 0 Å². The Morgan fingerprint density at radius 3 is 2.27 bits per heavy atom. The minimum absolute atomic E-state index is 0.282. The van der Waals surface area contributed by atoms with E-state index >= 15 is 0 Å². The molecule has 1 heterocycles. The van der Waals surface area contributed by atoms with Crippen molar-refractivity contribution in [1.82, 2.24) is 9.29 Å². The molecule has 0 aliphatic rings. The molecule has 1 aromatic carbocycles. The topological polar surface area (TPSA) is 59.5 Å². The van der Waals surface area contributed by atoms with Gasteiger partial charge in [0, 0.05) is 25.5 Å². The van der Waals surface area contributed by atoms with Crippen molar-refractivity contribution >= 4 is 10.0 Å². The van der Waals surface area contributed by atoms with E-state index in [0.717, 1.165) is 5.56 Å². The number of hydrogen-bond acceptors (Lipinski definition) is 4. The Bertz CT molecular complexity index is 685. The fourth-order valence-corrected chi connectivity index (χ4v) is 3.60. The van der Waals surface area contributed by atoms with E-state index < -0.39 is 10.0 Å². The molecule has 0 saturated heterocycles. The van der Waals surface area contributed by atoms with Crippen molar-refractivity contribution in [3.8, 4) is 5.75 Å². The van der Waals surface area contributed by atoms with Crippen LogP contribution in [-0.4, -0.2) is 37.9 Å². The highest BCUT2D eigenvalue weighted by atomic mass is 32.2. The van der Waals surface area contributed by atoms with Crippen molar-refractivity contribution in [2.75, 3.05) is 20.2 Å². The molecule has 0 N–H and O–H groups in total. The predicted molar refractivity (Wildman–Crippen MR) is 85.4 cm³/mol. The van der Waals surface area contributed by atoms with Crippen molar-refractivity contribution in [3.05, 3.63) is 54.4 Å². The van der Waals surface area contributed by atoms with Gasteiger partial charge in [0.15, 0.2) is 0 Å². The summed E-state index contributed by atoms with van der Waals surface area (Å²) in [6.45, 7) is 2.71. The first-order valence-electron chi connectivity index (χ1n) is 7.11. The van der Waals surface area contributed by atoms with Gasteiger partial charge in [-0.2, -0.15) is 4.31 Å². The zero-order chi connectivity index (χ0) is 16.0. The first-order chi connectivity index (χ1) is 10.6. The molecule has 6 heteroatoms. The minimum Gasteiger partial charge on any atom is -0.497 e. The number of ether oxygens (including phenoxy) is 1. The molecule has 0 aliphatic carbocycles. The molecule has 0 unspecified atom stereocenters. The van der Waals surface area contributed by atoms with Crippen LogP contribution in [0.4, 0.5) is 0 Å². The molecule has 0 saturated carbocycles. The Labute approximate surface area is 131 Å². The highest BCUT2D eigenvalue weighted by Crippen LogP contribution is 2.19. The SMILES string of the molecule is CCN(CCc1ccncc1)S(=O)(=O)c1ccc(OC)cc1. The smallest absolute Gasteiger partial charge is 0.243 e. The lowest BCUT2D eigenvalue weighted by atomic mass is 10.2. The maximum atomic E-state index is 12.7. The number of sulfonamides is 1. The Hall–Kier alpha value is -1.92. The average Bonchev–Trinajstić information content (AvgIpc) is 2.56. The van der Waals surface area contributed by atoms with Crippen LogP contribution in [0.1, 0.15) is 12.5 Å². The fraction of sp³-hybridized carbons (Fsp3) is 0.312. The van der Waals surface area contributed by atoms with Gasteiger partial charge in [0.05, 0.1) is 12.0 Å². The van der Waals surface area contributed by atoms with E-state index in [-0.39, 0.29) is 4.90 Å². The van der Waals surface area contributed by atoms with Gasteiger partial charge in [0.2, 0.25) is 10.0 Å². The molecular formula is C16H20N2O3S. The number of benzene rings is 1. The van der Waals surface area contributed by atoms with Gasteiger partial charge in [-0.15, -0.1) is 0 Å². The molecule has 2 rings (SSSR count). The predicted octanol–water partition coefficient (Wildman–Crippen LogP) is 2.34. The molecule has 0 bridgehead atoms. The van der Waals surface area contributed by atoms with E-state index in [2.05, 4.69) is 4.98 Å². The number of hydrogen-bond donors (Lipinski definition) is 0. The summed E-state index contributed by atoms with van der Waals surface area (Å²) in [5, 5.41) is 0. The fourth-order valence-electron chi connectivity index (χ4n) is 2.15. The second-order valence-electron chi connectivity index (χ2n) is 4.78.